The van der Waals surface area contributed by atoms with Gasteiger partial charge < -0.3 is 15.7 Å². The molecule has 5 heteroatoms. The standard InChI is InChI=1S/C20H38N4O/c1-2-21-19(22-16-20(25)12-6-7-13-20)23-17-9-8-14-24(15-17)18-10-4-3-5-11-18/h17-18,25H,2-16H2,1H3,(H2,21,22,23). The molecule has 1 unspecified atom stereocenters. The smallest absolute Gasteiger partial charge is 0.191 e. The number of nitrogens with one attached hydrogen (secondary N) is 2. The van der Waals surface area contributed by atoms with Crippen molar-refractivity contribution < 1.29 is 5.11 Å². The van der Waals surface area contributed by atoms with Gasteiger partial charge in [0.05, 0.1) is 12.1 Å². The van der Waals surface area contributed by atoms with Crippen molar-refractivity contribution in [2.75, 3.05) is 26.2 Å². The topological polar surface area (TPSA) is 59.9 Å². The van der Waals surface area contributed by atoms with Crippen LogP contribution >= 0.6 is 0 Å². The van der Waals surface area contributed by atoms with Crippen LogP contribution in [0.2, 0.25) is 0 Å². The van der Waals surface area contributed by atoms with Crippen LogP contribution in [0.4, 0.5) is 0 Å². The molecule has 5 nitrogen and oxygen atoms in total. The predicted molar refractivity (Wildman–Crippen MR) is 104 cm³/mol. The molecule has 25 heavy (non-hydrogen) atoms. The molecule has 1 heterocycles. The van der Waals surface area contributed by atoms with E-state index < -0.39 is 5.60 Å². The number of guanidine groups is 1. The zero-order chi connectivity index (χ0) is 17.5. The van der Waals surface area contributed by atoms with Crippen molar-refractivity contribution in [3.63, 3.8) is 0 Å². The Hall–Kier alpha value is -0.810. The molecule has 0 radical (unpaired) electrons. The van der Waals surface area contributed by atoms with Gasteiger partial charge >= 0.3 is 0 Å². The van der Waals surface area contributed by atoms with Crippen LogP contribution in [0.1, 0.15) is 77.6 Å². The molecule has 1 saturated heterocycles. The van der Waals surface area contributed by atoms with Crippen LogP contribution in [0.5, 0.6) is 0 Å². The molecule has 2 aliphatic carbocycles. The molecule has 0 bridgehead atoms. The van der Waals surface area contributed by atoms with Crippen LogP contribution in [-0.2, 0) is 0 Å². The molecule has 0 aromatic rings. The van der Waals surface area contributed by atoms with Crippen LogP contribution in [0, 0.1) is 0 Å². The number of hydrogen-bond acceptors (Lipinski definition) is 3. The van der Waals surface area contributed by atoms with Crippen LogP contribution in [0.3, 0.4) is 0 Å². The van der Waals surface area contributed by atoms with Gasteiger partial charge in [-0.1, -0.05) is 32.1 Å². The average Bonchev–Trinajstić information content (AvgIpc) is 3.08. The summed E-state index contributed by atoms with van der Waals surface area (Å²) in [6.07, 6.45) is 13.6. The van der Waals surface area contributed by atoms with Crippen LogP contribution < -0.4 is 10.6 Å². The molecule has 3 aliphatic rings. The van der Waals surface area contributed by atoms with Crippen molar-refractivity contribution in [3.05, 3.63) is 0 Å². The lowest BCUT2D eigenvalue weighted by molar-refractivity contribution is 0.0573. The molecule has 3 N–H and O–H groups in total. The average molecular weight is 351 g/mol. The monoisotopic (exact) mass is 350 g/mol. The maximum absolute atomic E-state index is 10.6. The maximum atomic E-state index is 10.6. The second-order valence-corrected chi connectivity index (χ2v) is 8.40. The second kappa shape index (κ2) is 9.22. The fourth-order valence-corrected chi connectivity index (χ4v) is 4.83. The zero-order valence-electron chi connectivity index (χ0n) is 16.1. The van der Waals surface area contributed by atoms with E-state index in [1.165, 1.54) is 51.5 Å². The molecule has 3 fully saturated rings. The van der Waals surface area contributed by atoms with Gasteiger partial charge in [-0.15, -0.1) is 0 Å². The first kappa shape index (κ1) is 19.0. The molecule has 0 aromatic heterocycles. The molecule has 0 aromatic carbocycles. The fraction of sp³-hybridized carbons (Fsp3) is 0.950. The zero-order valence-corrected chi connectivity index (χ0v) is 16.1. The summed E-state index contributed by atoms with van der Waals surface area (Å²) in [6, 6.07) is 1.28. The van der Waals surface area contributed by atoms with Crippen LogP contribution in [0.15, 0.2) is 4.99 Å². The molecule has 1 aliphatic heterocycles. The molecule has 1 atom stereocenters. The first-order chi connectivity index (χ1) is 12.2. The van der Waals surface area contributed by atoms with Gasteiger partial charge in [0.25, 0.3) is 0 Å². The number of rotatable bonds is 5. The molecule has 2 saturated carbocycles. The summed E-state index contributed by atoms with van der Waals surface area (Å²) < 4.78 is 0. The molecular formula is C20H38N4O. The van der Waals surface area contributed by atoms with Crippen molar-refractivity contribution in [1.82, 2.24) is 15.5 Å². The lowest BCUT2D eigenvalue weighted by Crippen LogP contribution is -2.53. The van der Waals surface area contributed by atoms with E-state index in [9.17, 15) is 5.11 Å². The van der Waals surface area contributed by atoms with Crippen molar-refractivity contribution in [3.8, 4) is 0 Å². The Morgan fingerprint density at radius 1 is 1.08 bits per heavy atom. The van der Waals surface area contributed by atoms with E-state index >= 15 is 0 Å². The molecule has 0 spiro atoms. The number of aliphatic hydroxyl groups is 1. The molecule has 3 rings (SSSR count). The van der Waals surface area contributed by atoms with Gasteiger partial charge in [-0.05, 0) is 52.0 Å². The SMILES string of the molecule is CCNC(=NCC1(O)CCCC1)NC1CCCN(C2CCCCC2)C1. The van der Waals surface area contributed by atoms with E-state index in [2.05, 4.69) is 22.5 Å². The van der Waals surface area contributed by atoms with E-state index in [1.54, 1.807) is 0 Å². The largest absolute Gasteiger partial charge is 0.388 e. The lowest BCUT2D eigenvalue weighted by Gasteiger charge is -2.40. The van der Waals surface area contributed by atoms with E-state index in [0.29, 0.717) is 12.6 Å². The minimum atomic E-state index is -0.566. The van der Waals surface area contributed by atoms with E-state index in [4.69, 9.17) is 4.99 Å². The van der Waals surface area contributed by atoms with Crippen LogP contribution in [0.25, 0.3) is 0 Å². The van der Waals surface area contributed by atoms with E-state index in [0.717, 1.165) is 50.8 Å². The Morgan fingerprint density at radius 2 is 1.84 bits per heavy atom. The van der Waals surface area contributed by atoms with Gasteiger partial charge in [0.1, 0.15) is 0 Å². The van der Waals surface area contributed by atoms with Crippen molar-refractivity contribution in [2.45, 2.75) is 95.2 Å². The number of aliphatic imine (C=N–C) groups is 1. The maximum Gasteiger partial charge on any atom is 0.191 e. The fourth-order valence-electron chi connectivity index (χ4n) is 4.83. The van der Waals surface area contributed by atoms with Gasteiger partial charge in [0.2, 0.25) is 0 Å². The molecule has 144 valence electrons. The highest BCUT2D eigenvalue weighted by molar-refractivity contribution is 5.80. The number of piperidine rings is 1. The van der Waals surface area contributed by atoms with Crippen molar-refractivity contribution in [2.24, 2.45) is 4.99 Å². The minimum Gasteiger partial charge on any atom is -0.388 e. The Morgan fingerprint density at radius 3 is 2.56 bits per heavy atom. The third-order valence-electron chi connectivity index (χ3n) is 6.29. The number of nitrogens with zero attached hydrogens (tertiary/aromatic N) is 2. The summed E-state index contributed by atoms with van der Waals surface area (Å²) in [5.41, 5.74) is -0.566. The summed E-state index contributed by atoms with van der Waals surface area (Å²) >= 11 is 0. The minimum absolute atomic E-state index is 0.478. The van der Waals surface area contributed by atoms with Gasteiger partial charge in [0, 0.05) is 25.2 Å². The summed E-state index contributed by atoms with van der Waals surface area (Å²) in [6.45, 7) is 5.90. The highest BCUT2D eigenvalue weighted by atomic mass is 16.3. The Kier molecular flexibility index (Phi) is 7.00. The predicted octanol–water partition coefficient (Wildman–Crippen LogP) is 2.64. The summed E-state index contributed by atoms with van der Waals surface area (Å²) in [4.78, 5) is 7.44. The van der Waals surface area contributed by atoms with Gasteiger partial charge in [-0.2, -0.15) is 0 Å². The molecular weight excluding hydrogens is 312 g/mol. The third kappa shape index (κ3) is 5.58. The van der Waals surface area contributed by atoms with Crippen molar-refractivity contribution >= 4 is 5.96 Å². The Bertz CT molecular complexity index is 427. The second-order valence-electron chi connectivity index (χ2n) is 8.40. The number of hydrogen-bond donors (Lipinski definition) is 3. The molecule has 0 amide bonds. The van der Waals surface area contributed by atoms with E-state index in [1.807, 2.05) is 0 Å². The first-order valence-corrected chi connectivity index (χ1v) is 10.7. The van der Waals surface area contributed by atoms with Gasteiger partial charge in [-0.3, -0.25) is 9.89 Å². The van der Waals surface area contributed by atoms with Gasteiger partial charge in [-0.25, -0.2) is 0 Å². The highest BCUT2D eigenvalue weighted by Gasteiger charge is 2.31. The first-order valence-electron chi connectivity index (χ1n) is 10.7. The lowest BCUT2D eigenvalue weighted by atomic mass is 9.92. The normalized spacial score (nSPS) is 28.9. The Labute approximate surface area is 153 Å². The quantitative estimate of drug-likeness (QED) is 0.527. The van der Waals surface area contributed by atoms with Gasteiger partial charge in [0.15, 0.2) is 5.96 Å². The summed E-state index contributed by atoms with van der Waals surface area (Å²) in [5, 5.41) is 17.6. The van der Waals surface area contributed by atoms with E-state index in [-0.39, 0.29) is 0 Å². The summed E-state index contributed by atoms with van der Waals surface area (Å²) in [5.74, 6) is 0.887. The number of likely N-dealkylation sites (tertiary alicyclic amines) is 1. The van der Waals surface area contributed by atoms with Crippen molar-refractivity contribution in [1.29, 1.82) is 0 Å². The van der Waals surface area contributed by atoms with Crippen LogP contribution in [-0.4, -0.2) is 59.8 Å². The summed E-state index contributed by atoms with van der Waals surface area (Å²) in [7, 11) is 0. The highest BCUT2D eigenvalue weighted by Crippen LogP contribution is 2.29. The Balaban J connectivity index is 1.53. The third-order valence-corrected chi connectivity index (χ3v) is 6.29.